The van der Waals surface area contributed by atoms with E-state index in [1.54, 1.807) is 6.07 Å². The molecule has 0 bridgehead atoms. The molecule has 1 aromatic heterocycles. The second kappa shape index (κ2) is 4.39. The van der Waals surface area contributed by atoms with Gasteiger partial charge in [0.1, 0.15) is 12.9 Å². The van der Waals surface area contributed by atoms with Crippen LogP contribution in [-0.2, 0) is 4.79 Å². The molecule has 1 aromatic rings. The standard InChI is InChI=1S/C8H10N2O3/c1-6-4-7(10-5-9-6)13-3-2-8(11)12/h4-5H,2-3H2,1H3,(H,11,12). The van der Waals surface area contributed by atoms with Gasteiger partial charge < -0.3 is 9.84 Å². The van der Waals surface area contributed by atoms with Gasteiger partial charge in [0.15, 0.2) is 0 Å². The highest BCUT2D eigenvalue weighted by molar-refractivity contribution is 5.66. The van der Waals surface area contributed by atoms with Crippen molar-refractivity contribution in [2.24, 2.45) is 0 Å². The van der Waals surface area contributed by atoms with Crippen LogP contribution in [0.5, 0.6) is 5.88 Å². The van der Waals surface area contributed by atoms with Gasteiger partial charge in [0, 0.05) is 11.8 Å². The Labute approximate surface area is 75.4 Å². The Morgan fingerprint density at radius 1 is 1.62 bits per heavy atom. The van der Waals surface area contributed by atoms with Crippen molar-refractivity contribution >= 4 is 5.97 Å². The molecule has 0 amide bonds. The van der Waals surface area contributed by atoms with Gasteiger partial charge in [-0.25, -0.2) is 9.97 Å². The van der Waals surface area contributed by atoms with E-state index in [-0.39, 0.29) is 13.0 Å². The lowest BCUT2D eigenvalue weighted by atomic mass is 10.4. The van der Waals surface area contributed by atoms with Crippen LogP contribution in [0.3, 0.4) is 0 Å². The predicted molar refractivity (Wildman–Crippen MR) is 44.5 cm³/mol. The molecule has 0 atom stereocenters. The van der Waals surface area contributed by atoms with E-state index >= 15 is 0 Å². The molecule has 0 saturated heterocycles. The SMILES string of the molecule is Cc1cc(OCCC(=O)O)ncn1. The largest absolute Gasteiger partial charge is 0.481 e. The maximum absolute atomic E-state index is 10.1. The zero-order valence-corrected chi connectivity index (χ0v) is 7.23. The highest BCUT2D eigenvalue weighted by Gasteiger charge is 1.99. The molecule has 0 aliphatic heterocycles. The molecule has 0 spiro atoms. The Hall–Kier alpha value is -1.65. The van der Waals surface area contributed by atoms with Crippen LogP contribution in [0.4, 0.5) is 0 Å². The highest BCUT2D eigenvalue weighted by Crippen LogP contribution is 2.05. The molecular weight excluding hydrogens is 172 g/mol. The molecule has 0 saturated carbocycles. The smallest absolute Gasteiger partial charge is 0.306 e. The fraction of sp³-hybridized carbons (Fsp3) is 0.375. The maximum Gasteiger partial charge on any atom is 0.306 e. The number of aromatic nitrogens is 2. The molecule has 1 N–H and O–H groups in total. The van der Waals surface area contributed by atoms with E-state index in [0.717, 1.165) is 5.69 Å². The lowest BCUT2D eigenvalue weighted by molar-refractivity contribution is -0.137. The van der Waals surface area contributed by atoms with Crippen molar-refractivity contribution in [3.63, 3.8) is 0 Å². The zero-order chi connectivity index (χ0) is 9.68. The Morgan fingerprint density at radius 2 is 2.38 bits per heavy atom. The van der Waals surface area contributed by atoms with Gasteiger partial charge >= 0.3 is 5.97 Å². The normalized spacial score (nSPS) is 9.62. The summed E-state index contributed by atoms with van der Waals surface area (Å²) in [6.45, 7) is 1.94. The molecule has 0 aliphatic carbocycles. The first-order valence-corrected chi connectivity index (χ1v) is 3.82. The molecule has 0 unspecified atom stereocenters. The molecule has 5 nitrogen and oxygen atoms in total. The molecule has 1 heterocycles. The molecule has 13 heavy (non-hydrogen) atoms. The van der Waals surface area contributed by atoms with Crippen molar-refractivity contribution in [1.29, 1.82) is 0 Å². The number of hydrogen-bond acceptors (Lipinski definition) is 4. The Morgan fingerprint density at radius 3 is 3.00 bits per heavy atom. The van der Waals surface area contributed by atoms with Crippen molar-refractivity contribution in [2.45, 2.75) is 13.3 Å². The molecule has 70 valence electrons. The summed E-state index contributed by atoms with van der Waals surface area (Å²) in [6, 6.07) is 1.65. The van der Waals surface area contributed by atoms with Gasteiger partial charge in [-0.05, 0) is 6.92 Å². The van der Waals surface area contributed by atoms with Gasteiger partial charge in [0.2, 0.25) is 5.88 Å². The zero-order valence-electron chi connectivity index (χ0n) is 7.23. The van der Waals surface area contributed by atoms with Gasteiger partial charge in [-0.1, -0.05) is 0 Å². The molecule has 1 rings (SSSR count). The average Bonchev–Trinajstić information content (AvgIpc) is 2.03. The minimum atomic E-state index is -0.884. The van der Waals surface area contributed by atoms with Gasteiger partial charge in [-0.3, -0.25) is 4.79 Å². The minimum Gasteiger partial charge on any atom is -0.481 e. The van der Waals surface area contributed by atoms with E-state index in [1.807, 2.05) is 6.92 Å². The van der Waals surface area contributed by atoms with Gasteiger partial charge in [0.25, 0.3) is 0 Å². The lowest BCUT2D eigenvalue weighted by Crippen LogP contribution is -2.05. The van der Waals surface area contributed by atoms with Crippen molar-refractivity contribution in [3.05, 3.63) is 18.1 Å². The minimum absolute atomic E-state index is 0.0248. The van der Waals surface area contributed by atoms with Crippen molar-refractivity contribution in [2.75, 3.05) is 6.61 Å². The van der Waals surface area contributed by atoms with Gasteiger partial charge in [-0.2, -0.15) is 0 Å². The van der Waals surface area contributed by atoms with Crippen molar-refractivity contribution in [1.82, 2.24) is 9.97 Å². The molecule has 5 heteroatoms. The second-order valence-corrected chi connectivity index (χ2v) is 2.49. The van der Waals surface area contributed by atoms with Gasteiger partial charge in [-0.15, -0.1) is 0 Å². The monoisotopic (exact) mass is 182 g/mol. The molecular formula is C8H10N2O3. The third-order valence-electron chi connectivity index (χ3n) is 1.34. The van der Waals surface area contributed by atoms with Crippen molar-refractivity contribution in [3.8, 4) is 5.88 Å². The van der Waals surface area contributed by atoms with Crippen LogP contribution in [0.2, 0.25) is 0 Å². The fourth-order valence-corrected chi connectivity index (χ4v) is 0.752. The molecule has 0 aromatic carbocycles. The molecule has 0 fully saturated rings. The number of carboxylic acid groups (broad SMARTS) is 1. The summed E-state index contributed by atoms with van der Waals surface area (Å²) < 4.78 is 5.07. The van der Waals surface area contributed by atoms with E-state index in [1.165, 1.54) is 6.33 Å². The summed E-state index contributed by atoms with van der Waals surface area (Å²) in [6.07, 6.45) is 1.36. The van der Waals surface area contributed by atoms with Crippen LogP contribution >= 0.6 is 0 Å². The summed E-state index contributed by atoms with van der Waals surface area (Å²) in [4.78, 5) is 17.8. The van der Waals surface area contributed by atoms with E-state index in [0.29, 0.717) is 5.88 Å². The van der Waals surface area contributed by atoms with E-state index < -0.39 is 5.97 Å². The third kappa shape index (κ3) is 3.50. The lowest BCUT2D eigenvalue weighted by Gasteiger charge is -2.02. The van der Waals surface area contributed by atoms with E-state index in [2.05, 4.69) is 9.97 Å². The quantitative estimate of drug-likeness (QED) is 0.739. The summed E-state index contributed by atoms with van der Waals surface area (Å²) in [5.41, 5.74) is 0.792. The summed E-state index contributed by atoms with van der Waals surface area (Å²) in [7, 11) is 0. The van der Waals surface area contributed by atoms with E-state index in [4.69, 9.17) is 9.84 Å². The number of rotatable bonds is 4. The molecule has 0 aliphatic rings. The number of aryl methyl sites for hydroxylation is 1. The topological polar surface area (TPSA) is 72.3 Å². The molecule has 0 radical (unpaired) electrons. The van der Waals surface area contributed by atoms with Crippen LogP contribution in [0.15, 0.2) is 12.4 Å². The number of carboxylic acids is 1. The first-order valence-electron chi connectivity index (χ1n) is 3.82. The van der Waals surface area contributed by atoms with Crippen LogP contribution in [0, 0.1) is 6.92 Å². The van der Waals surface area contributed by atoms with E-state index in [9.17, 15) is 4.79 Å². The maximum atomic E-state index is 10.1. The Bertz CT molecular complexity index is 301. The van der Waals surface area contributed by atoms with Crippen molar-refractivity contribution < 1.29 is 14.6 Å². The average molecular weight is 182 g/mol. The second-order valence-electron chi connectivity index (χ2n) is 2.49. The summed E-state index contributed by atoms with van der Waals surface area (Å²) in [5.74, 6) is -0.473. The fourth-order valence-electron chi connectivity index (χ4n) is 0.752. The van der Waals surface area contributed by atoms with Crippen LogP contribution in [0.25, 0.3) is 0 Å². The Balaban J connectivity index is 2.41. The highest BCUT2D eigenvalue weighted by atomic mass is 16.5. The number of nitrogens with zero attached hydrogens (tertiary/aromatic N) is 2. The predicted octanol–water partition coefficient (Wildman–Crippen LogP) is 0.639. The van der Waals surface area contributed by atoms with Crippen LogP contribution in [-0.4, -0.2) is 27.7 Å². The summed E-state index contributed by atoms with van der Waals surface area (Å²) in [5, 5.41) is 8.33. The first-order chi connectivity index (χ1) is 6.18. The number of hydrogen-bond donors (Lipinski definition) is 1. The summed E-state index contributed by atoms with van der Waals surface area (Å²) >= 11 is 0. The van der Waals surface area contributed by atoms with Crippen LogP contribution in [0.1, 0.15) is 12.1 Å². The first kappa shape index (κ1) is 9.44. The number of aliphatic carboxylic acids is 1. The number of carbonyl (C=O) groups is 1. The number of ether oxygens (including phenoxy) is 1. The van der Waals surface area contributed by atoms with Crippen LogP contribution < -0.4 is 4.74 Å². The third-order valence-corrected chi connectivity index (χ3v) is 1.34. The Kier molecular flexibility index (Phi) is 3.19. The van der Waals surface area contributed by atoms with Gasteiger partial charge in [0.05, 0.1) is 6.42 Å².